The fourth-order valence-corrected chi connectivity index (χ4v) is 4.11. The first-order valence-electron chi connectivity index (χ1n) is 7.41. The van der Waals surface area contributed by atoms with Crippen LogP contribution in [0, 0.1) is 0 Å². The standard InChI is InChI=1S/C18H13N3OS2/c22-17(10-12-11-24-18(20-12)16-7-3-9-23-16)21-15-6-1-5-14-13(15)4-2-8-19-14/h1-9,11H,10H2,(H,21,22). The van der Waals surface area contributed by atoms with Gasteiger partial charge in [-0.1, -0.05) is 12.1 Å². The number of benzene rings is 1. The molecule has 0 aliphatic carbocycles. The summed E-state index contributed by atoms with van der Waals surface area (Å²) in [6.07, 6.45) is 2.01. The summed E-state index contributed by atoms with van der Waals surface area (Å²) in [6, 6.07) is 13.6. The topological polar surface area (TPSA) is 54.9 Å². The molecule has 4 rings (SSSR count). The second-order valence-electron chi connectivity index (χ2n) is 5.22. The van der Waals surface area contributed by atoms with Crippen molar-refractivity contribution >= 4 is 45.2 Å². The van der Waals surface area contributed by atoms with Gasteiger partial charge in [0.05, 0.1) is 28.2 Å². The lowest BCUT2D eigenvalue weighted by molar-refractivity contribution is -0.115. The molecule has 0 aliphatic rings. The van der Waals surface area contributed by atoms with Gasteiger partial charge in [-0.3, -0.25) is 9.78 Å². The number of carbonyl (C=O) groups excluding carboxylic acids is 1. The summed E-state index contributed by atoms with van der Waals surface area (Å²) in [5, 5.41) is 8.83. The Morgan fingerprint density at radius 2 is 2.04 bits per heavy atom. The fraction of sp³-hybridized carbons (Fsp3) is 0.0556. The maximum atomic E-state index is 12.4. The van der Waals surface area contributed by atoms with Gasteiger partial charge in [0.2, 0.25) is 5.91 Å². The van der Waals surface area contributed by atoms with Crippen LogP contribution in [0.1, 0.15) is 5.69 Å². The number of carbonyl (C=O) groups is 1. The van der Waals surface area contributed by atoms with E-state index in [0.29, 0.717) is 0 Å². The number of pyridine rings is 1. The average molecular weight is 351 g/mol. The van der Waals surface area contributed by atoms with Crippen LogP contribution in [0.5, 0.6) is 0 Å². The van der Waals surface area contributed by atoms with E-state index in [4.69, 9.17) is 0 Å². The Labute approximate surface area is 146 Å². The van der Waals surface area contributed by atoms with Crippen molar-refractivity contribution in [1.29, 1.82) is 0 Å². The lowest BCUT2D eigenvalue weighted by Gasteiger charge is -2.07. The summed E-state index contributed by atoms with van der Waals surface area (Å²) in [5.41, 5.74) is 2.43. The molecule has 118 valence electrons. The van der Waals surface area contributed by atoms with E-state index in [1.165, 1.54) is 0 Å². The van der Waals surface area contributed by atoms with Gasteiger partial charge in [0.25, 0.3) is 0 Å². The molecule has 0 saturated heterocycles. The molecule has 0 fully saturated rings. The summed E-state index contributed by atoms with van der Waals surface area (Å²) >= 11 is 3.22. The molecule has 0 bridgehead atoms. The van der Waals surface area contributed by atoms with E-state index in [9.17, 15) is 4.79 Å². The molecule has 3 heterocycles. The van der Waals surface area contributed by atoms with E-state index in [1.807, 2.05) is 53.2 Å². The monoisotopic (exact) mass is 351 g/mol. The van der Waals surface area contributed by atoms with Gasteiger partial charge in [-0.05, 0) is 35.7 Å². The van der Waals surface area contributed by atoms with Crippen LogP contribution in [-0.2, 0) is 11.2 Å². The minimum Gasteiger partial charge on any atom is -0.325 e. The first-order valence-corrected chi connectivity index (χ1v) is 9.17. The van der Waals surface area contributed by atoms with Crippen molar-refractivity contribution in [1.82, 2.24) is 9.97 Å². The van der Waals surface area contributed by atoms with Crippen molar-refractivity contribution < 1.29 is 4.79 Å². The third-order valence-electron chi connectivity index (χ3n) is 3.55. The fourth-order valence-electron chi connectivity index (χ4n) is 2.47. The van der Waals surface area contributed by atoms with Crippen molar-refractivity contribution in [2.75, 3.05) is 5.32 Å². The van der Waals surface area contributed by atoms with Crippen LogP contribution in [0.4, 0.5) is 5.69 Å². The molecule has 0 unspecified atom stereocenters. The lowest BCUT2D eigenvalue weighted by atomic mass is 10.2. The first kappa shape index (κ1) is 15.0. The van der Waals surface area contributed by atoms with Gasteiger partial charge in [-0.15, -0.1) is 22.7 Å². The highest BCUT2D eigenvalue weighted by Gasteiger charge is 2.11. The van der Waals surface area contributed by atoms with Crippen LogP contribution in [0.2, 0.25) is 0 Å². The van der Waals surface area contributed by atoms with Crippen LogP contribution < -0.4 is 5.32 Å². The number of fused-ring (bicyclic) bond motifs is 1. The van der Waals surface area contributed by atoms with Gasteiger partial charge >= 0.3 is 0 Å². The second kappa shape index (κ2) is 6.51. The maximum Gasteiger partial charge on any atom is 0.230 e. The van der Waals surface area contributed by atoms with Gasteiger partial charge in [0.15, 0.2) is 0 Å². The second-order valence-corrected chi connectivity index (χ2v) is 7.03. The van der Waals surface area contributed by atoms with Gasteiger partial charge in [0.1, 0.15) is 5.01 Å². The molecule has 24 heavy (non-hydrogen) atoms. The Bertz CT molecular complexity index is 987. The van der Waals surface area contributed by atoms with Crippen molar-refractivity contribution in [3.8, 4) is 9.88 Å². The van der Waals surface area contributed by atoms with Gasteiger partial charge < -0.3 is 5.32 Å². The molecule has 0 spiro atoms. The maximum absolute atomic E-state index is 12.4. The van der Waals surface area contributed by atoms with Crippen molar-refractivity contribution in [2.45, 2.75) is 6.42 Å². The predicted molar refractivity (Wildman–Crippen MR) is 99.5 cm³/mol. The van der Waals surface area contributed by atoms with Crippen LogP contribution in [0.15, 0.2) is 59.4 Å². The highest BCUT2D eigenvalue weighted by molar-refractivity contribution is 7.20. The third kappa shape index (κ3) is 3.06. The molecule has 1 aromatic carbocycles. The smallest absolute Gasteiger partial charge is 0.230 e. The van der Waals surface area contributed by atoms with Crippen LogP contribution in [0.3, 0.4) is 0 Å². The van der Waals surface area contributed by atoms with Gasteiger partial charge in [0, 0.05) is 17.0 Å². The van der Waals surface area contributed by atoms with Crippen molar-refractivity contribution in [3.05, 3.63) is 65.1 Å². The number of nitrogens with one attached hydrogen (secondary N) is 1. The molecule has 1 amide bonds. The van der Waals surface area contributed by atoms with E-state index >= 15 is 0 Å². The first-order chi connectivity index (χ1) is 11.8. The highest BCUT2D eigenvalue weighted by atomic mass is 32.1. The number of thiazole rings is 1. The van der Waals surface area contributed by atoms with Crippen molar-refractivity contribution in [3.63, 3.8) is 0 Å². The minimum absolute atomic E-state index is 0.0746. The molecular weight excluding hydrogens is 338 g/mol. The lowest BCUT2D eigenvalue weighted by Crippen LogP contribution is -2.14. The summed E-state index contributed by atoms with van der Waals surface area (Å²) < 4.78 is 0. The summed E-state index contributed by atoms with van der Waals surface area (Å²) in [5.74, 6) is -0.0746. The molecule has 0 atom stereocenters. The summed E-state index contributed by atoms with van der Waals surface area (Å²) in [4.78, 5) is 22.3. The zero-order valence-electron chi connectivity index (χ0n) is 12.6. The number of rotatable bonds is 4. The molecular formula is C18H13N3OS2. The molecule has 3 aromatic heterocycles. The Kier molecular flexibility index (Phi) is 4.06. The minimum atomic E-state index is -0.0746. The summed E-state index contributed by atoms with van der Waals surface area (Å²) in [6.45, 7) is 0. The number of hydrogen-bond acceptors (Lipinski definition) is 5. The summed E-state index contributed by atoms with van der Waals surface area (Å²) in [7, 11) is 0. The largest absolute Gasteiger partial charge is 0.325 e. The molecule has 4 nitrogen and oxygen atoms in total. The normalized spacial score (nSPS) is 10.8. The number of aromatic nitrogens is 2. The Morgan fingerprint density at radius 1 is 1.08 bits per heavy atom. The number of hydrogen-bond donors (Lipinski definition) is 1. The highest BCUT2D eigenvalue weighted by Crippen LogP contribution is 2.28. The molecule has 6 heteroatoms. The van der Waals surface area contributed by atoms with Gasteiger partial charge in [-0.2, -0.15) is 0 Å². The third-order valence-corrected chi connectivity index (χ3v) is 5.48. The Balaban J connectivity index is 1.50. The molecule has 1 N–H and O–H groups in total. The van der Waals surface area contributed by atoms with E-state index < -0.39 is 0 Å². The number of nitrogens with zero attached hydrogens (tertiary/aromatic N) is 2. The predicted octanol–water partition coefficient (Wildman–Crippen LogP) is 4.60. The van der Waals surface area contributed by atoms with Crippen LogP contribution >= 0.6 is 22.7 Å². The Morgan fingerprint density at radius 3 is 2.92 bits per heavy atom. The molecule has 0 aliphatic heterocycles. The van der Waals surface area contributed by atoms with E-state index in [2.05, 4.69) is 15.3 Å². The van der Waals surface area contributed by atoms with E-state index in [-0.39, 0.29) is 12.3 Å². The molecule has 4 aromatic rings. The van der Waals surface area contributed by atoms with Crippen LogP contribution in [0.25, 0.3) is 20.8 Å². The number of amides is 1. The average Bonchev–Trinajstić information content (AvgIpc) is 3.26. The molecule has 0 radical (unpaired) electrons. The zero-order valence-corrected chi connectivity index (χ0v) is 14.2. The van der Waals surface area contributed by atoms with E-state index in [1.54, 1.807) is 28.9 Å². The zero-order chi connectivity index (χ0) is 16.4. The number of thiophene rings is 1. The van der Waals surface area contributed by atoms with E-state index in [0.717, 1.165) is 32.2 Å². The Hall–Kier alpha value is -2.57. The number of anilines is 1. The molecule has 0 saturated carbocycles. The van der Waals surface area contributed by atoms with Crippen molar-refractivity contribution in [2.24, 2.45) is 0 Å². The van der Waals surface area contributed by atoms with Gasteiger partial charge in [-0.25, -0.2) is 4.98 Å². The van der Waals surface area contributed by atoms with Crippen LogP contribution in [-0.4, -0.2) is 15.9 Å². The SMILES string of the molecule is O=C(Cc1csc(-c2cccs2)n1)Nc1cccc2ncccc12. The quantitative estimate of drug-likeness (QED) is 0.584.